The summed E-state index contributed by atoms with van der Waals surface area (Å²) in [5.74, 6) is 0.479. The molecule has 0 aromatic heterocycles. The van der Waals surface area contributed by atoms with Crippen LogP contribution in [0.4, 0.5) is 0 Å². The first-order valence-corrected chi connectivity index (χ1v) is 9.27. The zero-order chi connectivity index (χ0) is 18.6. The molecule has 0 radical (unpaired) electrons. The van der Waals surface area contributed by atoms with Gasteiger partial charge in [0.25, 0.3) is 0 Å². The van der Waals surface area contributed by atoms with Crippen LogP contribution in [0.15, 0.2) is 68.0 Å². The maximum Gasteiger partial charge on any atom is 0.0738 e. The van der Waals surface area contributed by atoms with E-state index in [9.17, 15) is 0 Å². The zero-order valence-electron chi connectivity index (χ0n) is 15.7. The van der Waals surface area contributed by atoms with Crippen LogP contribution in [0.25, 0.3) is 22.2 Å². The summed E-state index contributed by atoms with van der Waals surface area (Å²) in [4.78, 5) is 2.26. The number of benzene rings is 2. The van der Waals surface area contributed by atoms with Crippen molar-refractivity contribution in [1.82, 2.24) is 10.2 Å². The Labute approximate surface area is 156 Å². The number of rotatable bonds is 2. The molecule has 2 aromatic carbocycles. The minimum Gasteiger partial charge on any atom is -0.362 e. The molecule has 132 valence electrons. The van der Waals surface area contributed by atoms with Crippen molar-refractivity contribution in [3.8, 4) is 0 Å². The summed E-state index contributed by atoms with van der Waals surface area (Å²) in [6.45, 7) is 21.7. The molecule has 0 aliphatic carbocycles. The Balaban J connectivity index is 1.88. The molecule has 2 aliphatic heterocycles. The van der Waals surface area contributed by atoms with Gasteiger partial charge < -0.3 is 10.2 Å². The van der Waals surface area contributed by atoms with Crippen LogP contribution in [0.2, 0.25) is 0 Å². The van der Waals surface area contributed by atoms with Crippen molar-refractivity contribution in [2.75, 3.05) is 0 Å². The van der Waals surface area contributed by atoms with Gasteiger partial charge in [-0.3, -0.25) is 0 Å². The van der Waals surface area contributed by atoms with Crippen molar-refractivity contribution in [3.05, 3.63) is 84.7 Å². The molecule has 0 spiro atoms. The Bertz CT molecular complexity index is 955. The van der Waals surface area contributed by atoms with Gasteiger partial charge in [-0.2, -0.15) is 0 Å². The average molecular weight is 342 g/mol. The molecular formula is C24H26N2. The third-order valence-corrected chi connectivity index (χ3v) is 5.67. The van der Waals surface area contributed by atoms with Gasteiger partial charge in [0, 0.05) is 39.3 Å². The smallest absolute Gasteiger partial charge is 0.0738 e. The van der Waals surface area contributed by atoms with Gasteiger partial charge in [-0.15, -0.1) is 0 Å². The van der Waals surface area contributed by atoms with Crippen LogP contribution in [-0.2, 0) is 0 Å². The van der Waals surface area contributed by atoms with E-state index in [4.69, 9.17) is 0 Å². The Morgan fingerprint density at radius 3 is 2.35 bits per heavy atom. The third kappa shape index (κ3) is 2.33. The van der Waals surface area contributed by atoms with Gasteiger partial charge in [0.1, 0.15) is 0 Å². The van der Waals surface area contributed by atoms with E-state index in [0.717, 1.165) is 35.6 Å². The van der Waals surface area contributed by atoms with Crippen molar-refractivity contribution in [2.45, 2.75) is 38.6 Å². The summed E-state index contributed by atoms with van der Waals surface area (Å²) in [5, 5.41) is 5.92. The summed E-state index contributed by atoms with van der Waals surface area (Å²) >= 11 is 0. The number of hydrogen-bond acceptors (Lipinski definition) is 2. The Kier molecular flexibility index (Phi) is 3.80. The highest BCUT2D eigenvalue weighted by atomic mass is 15.2. The topological polar surface area (TPSA) is 15.3 Å². The highest BCUT2D eigenvalue weighted by Gasteiger charge is 2.33. The van der Waals surface area contributed by atoms with Crippen LogP contribution in [-0.4, -0.2) is 10.9 Å². The molecule has 26 heavy (non-hydrogen) atoms. The second-order valence-corrected chi connectivity index (χ2v) is 7.66. The number of allylic oxidation sites excluding steroid dienone is 1. The average Bonchev–Trinajstić information content (AvgIpc) is 2.60. The molecule has 2 heteroatoms. The Morgan fingerprint density at radius 2 is 1.69 bits per heavy atom. The van der Waals surface area contributed by atoms with E-state index in [1.807, 2.05) is 0 Å². The number of hydrogen-bond donors (Lipinski definition) is 1. The van der Waals surface area contributed by atoms with Crippen molar-refractivity contribution in [3.63, 3.8) is 0 Å². The van der Waals surface area contributed by atoms with Gasteiger partial charge in [0.2, 0.25) is 0 Å². The molecule has 1 saturated heterocycles. The van der Waals surface area contributed by atoms with Crippen molar-refractivity contribution in [2.24, 2.45) is 0 Å². The predicted octanol–water partition coefficient (Wildman–Crippen LogP) is 6.00. The summed E-state index contributed by atoms with van der Waals surface area (Å²) in [5.41, 5.74) is 7.79. The molecule has 2 aliphatic rings. The lowest BCUT2D eigenvalue weighted by molar-refractivity contribution is 0.386. The molecule has 2 heterocycles. The summed E-state index contributed by atoms with van der Waals surface area (Å²) in [6, 6.07) is 11.2. The number of nitrogens with zero attached hydrogens (tertiary/aromatic N) is 1. The van der Waals surface area contributed by atoms with E-state index in [1.165, 1.54) is 27.5 Å². The lowest BCUT2D eigenvalue weighted by Gasteiger charge is -2.43. The molecule has 0 bridgehead atoms. The van der Waals surface area contributed by atoms with Gasteiger partial charge in [-0.25, -0.2) is 0 Å². The van der Waals surface area contributed by atoms with Gasteiger partial charge in [-0.05, 0) is 29.7 Å². The maximum absolute atomic E-state index is 4.45. The zero-order valence-corrected chi connectivity index (χ0v) is 15.7. The second-order valence-electron chi connectivity index (χ2n) is 7.66. The largest absolute Gasteiger partial charge is 0.362 e. The van der Waals surface area contributed by atoms with Crippen molar-refractivity contribution in [1.29, 1.82) is 0 Å². The fourth-order valence-electron chi connectivity index (χ4n) is 4.36. The summed E-state index contributed by atoms with van der Waals surface area (Å²) in [7, 11) is 0. The standard InChI is InChI=1S/C24H26N2/c1-14(2)19-11-12-21-18(6)26(23-13-10-15(3)25-16(23)4)17(5)20-8-7-9-22(19)24(20)21/h7-9,11-12,14,23,25H,3-6,10,13H2,1-2H3. The monoisotopic (exact) mass is 342 g/mol. The van der Waals surface area contributed by atoms with Crippen LogP contribution >= 0.6 is 0 Å². The van der Waals surface area contributed by atoms with E-state index in [1.54, 1.807) is 0 Å². The maximum atomic E-state index is 4.45. The predicted molar refractivity (Wildman–Crippen MR) is 112 cm³/mol. The first-order chi connectivity index (χ1) is 12.4. The molecule has 2 nitrogen and oxygen atoms in total. The molecule has 1 atom stereocenters. The van der Waals surface area contributed by atoms with Gasteiger partial charge >= 0.3 is 0 Å². The molecule has 1 fully saturated rings. The lowest BCUT2D eigenvalue weighted by atomic mass is 9.85. The van der Waals surface area contributed by atoms with Gasteiger partial charge in [0.15, 0.2) is 0 Å². The van der Waals surface area contributed by atoms with E-state index >= 15 is 0 Å². The Morgan fingerprint density at radius 1 is 1.00 bits per heavy atom. The molecule has 4 rings (SSSR count). The van der Waals surface area contributed by atoms with E-state index in [-0.39, 0.29) is 6.04 Å². The molecule has 2 aromatic rings. The highest BCUT2D eigenvalue weighted by molar-refractivity contribution is 6.06. The Hall–Kier alpha value is -2.74. The van der Waals surface area contributed by atoms with Gasteiger partial charge in [-0.1, -0.05) is 70.5 Å². The first kappa shape index (κ1) is 16.7. The third-order valence-electron chi connectivity index (χ3n) is 5.67. The summed E-state index contributed by atoms with van der Waals surface area (Å²) < 4.78 is 0. The molecular weight excluding hydrogens is 316 g/mol. The molecule has 0 saturated carbocycles. The number of piperidine rings is 1. The first-order valence-electron chi connectivity index (χ1n) is 9.27. The summed E-state index contributed by atoms with van der Waals surface area (Å²) in [6.07, 6.45) is 1.90. The van der Waals surface area contributed by atoms with Crippen LogP contribution in [0.1, 0.15) is 49.3 Å². The quantitative estimate of drug-likeness (QED) is 0.720. The van der Waals surface area contributed by atoms with Crippen molar-refractivity contribution >= 4 is 22.2 Å². The minimum absolute atomic E-state index is 0.147. The minimum atomic E-state index is 0.147. The fraction of sp³-hybridized carbons (Fsp3) is 0.250. The van der Waals surface area contributed by atoms with E-state index < -0.39 is 0 Å². The molecule has 1 N–H and O–H groups in total. The van der Waals surface area contributed by atoms with Crippen LogP contribution in [0, 0.1) is 0 Å². The van der Waals surface area contributed by atoms with E-state index in [2.05, 4.69) is 80.7 Å². The lowest BCUT2D eigenvalue weighted by Crippen LogP contribution is -2.41. The van der Waals surface area contributed by atoms with E-state index in [0.29, 0.717) is 5.92 Å². The number of nitrogens with one attached hydrogen (secondary N) is 1. The fourth-order valence-corrected chi connectivity index (χ4v) is 4.36. The van der Waals surface area contributed by atoms with Crippen LogP contribution in [0.5, 0.6) is 0 Å². The molecule has 1 unspecified atom stereocenters. The van der Waals surface area contributed by atoms with Crippen molar-refractivity contribution < 1.29 is 0 Å². The SMILES string of the molecule is C=C1CCC(N2C(=C)c3cccc4c(C(C)C)ccc(c34)C2=C)C(=C)N1. The van der Waals surface area contributed by atoms with Gasteiger partial charge in [0.05, 0.1) is 6.04 Å². The molecule has 0 amide bonds. The second kappa shape index (κ2) is 5.91. The normalized spacial score (nSPS) is 20.1. The highest BCUT2D eigenvalue weighted by Crippen LogP contribution is 2.45. The van der Waals surface area contributed by atoms with Crippen LogP contribution < -0.4 is 5.32 Å². The van der Waals surface area contributed by atoms with Crippen LogP contribution in [0.3, 0.4) is 0 Å².